The molecule has 0 aliphatic rings. The molecule has 2 rings (SSSR count). The smallest absolute Gasteiger partial charge is 0.137 e. The normalized spacial score (nSPS) is 10.3. The maximum atomic E-state index is 8.55. The zero-order chi connectivity index (χ0) is 18.6. The zero-order valence-corrected chi connectivity index (χ0v) is 16.9. The predicted octanol–water partition coefficient (Wildman–Crippen LogP) is 6.44. The van der Waals surface area contributed by atoms with Gasteiger partial charge in [0.2, 0.25) is 0 Å². The fourth-order valence-corrected chi connectivity index (χ4v) is 3.18. The Morgan fingerprint density at radius 3 is 2.46 bits per heavy atom. The molecule has 2 aromatic rings. The molecule has 2 aromatic carbocycles. The molecule has 0 saturated heterocycles. The molecule has 0 unspecified atom stereocenters. The van der Waals surface area contributed by atoms with Gasteiger partial charge in [-0.3, -0.25) is 0 Å². The first-order chi connectivity index (χ1) is 12.7. The van der Waals surface area contributed by atoms with Gasteiger partial charge < -0.3 is 9.47 Å². The molecule has 0 aliphatic carbocycles. The number of unbranched alkanes of at least 4 members (excludes halogenated alkanes) is 4. The van der Waals surface area contributed by atoms with Gasteiger partial charge in [0.15, 0.2) is 0 Å². The van der Waals surface area contributed by atoms with E-state index in [1.165, 1.54) is 5.56 Å². The monoisotopic (exact) mass is 415 g/mol. The molecule has 0 saturated carbocycles. The minimum atomic E-state index is 0.531. The lowest BCUT2D eigenvalue weighted by Gasteiger charge is -2.15. The van der Waals surface area contributed by atoms with Crippen molar-refractivity contribution in [1.82, 2.24) is 0 Å². The molecule has 0 aliphatic heterocycles. The molecule has 0 atom stereocenters. The number of benzene rings is 2. The van der Waals surface area contributed by atoms with Crippen LogP contribution in [0.1, 0.15) is 50.2 Å². The number of halogens is 1. The Morgan fingerprint density at radius 1 is 0.962 bits per heavy atom. The Kier molecular flexibility index (Phi) is 9.06. The average Bonchev–Trinajstić information content (AvgIpc) is 2.67. The predicted molar refractivity (Wildman–Crippen MR) is 108 cm³/mol. The summed E-state index contributed by atoms with van der Waals surface area (Å²) in [6, 6.07) is 16.4. The van der Waals surface area contributed by atoms with Crippen LogP contribution >= 0.6 is 15.9 Å². The van der Waals surface area contributed by atoms with E-state index in [1.807, 2.05) is 24.3 Å². The zero-order valence-electron chi connectivity index (χ0n) is 15.3. The summed E-state index contributed by atoms with van der Waals surface area (Å²) in [4.78, 5) is 0. The highest BCUT2D eigenvalue weighted by atomic mass is 79.9. The standard InChI is InChI=1S/C22H26BrNO2/c1-2-19-15-20(23)22(26-17-18-11-7-6-8-12-18)16-21(19)25-14-10-5-3-4-9-13-24/h6-8,11-12,15-16H,2-5,9-10,14,17H2,1H3. The van der Waals surface area contributed by atoms with E-state index in [0.29, 0.717) is 19.6 Å². The van der Waals surface area contributed by atoms with Crippen LogP contribution in [0.15, 0.2) is 46.9 Å². The summed E-state index contributed by atoms with van der Waals surface area (Å²) in [5, 5.41) is 8.55. The number of nitrogens with zero attached hydrogens (tertiary/aromatic N) is 1. The second-order valence-electron chi connectivity index (χ2n) is 6.19. The van der Waals surface area contributed by atoms with Gasteiger partial charge in [-0.2, -0.15) is 5.26 Å². The number of aryl methyl sites for hydroxylation is 1. The first kappa shape index (κ1) is 20.3. The van der Waals surface area contributed by atoms with Crippen molar-refractivity contribution in [1.29, 1.82) is 5.26 Å². The topological polar surface area (TPSA) is 42.2 Å². The van der Waals surface area contributed by atoms with E-state index >= 15 is 0 Å². The minimum Gasteiger partial charge on any atom is -0.493 e. The van der Waals surface area contributed by atoms with E-state index < -0.39 is 0 Å². The fourth-order valence-electron chi connectivity index (χ4n) is 2.67. The van der Waals surface area contributed by atoms with Crippen LogP contribution in [-0.2, 0) is 13.0 Å². The quantitative estimate of drug-likeness (QED) is 0.396. The first-order valence-electron chi connectivity index (χ1n) is 9.23. The summed E-state index contributed by atoms with van der Waals surface area (Å²) in [7, 11) is 0. The summed E-state index contributed by atoms with van der Waals surface area (Å²) in [6.45, 7) is 3.35. The molecule has 0 bridgehead atoms. The molecule has 3 nitrogen and oxygen atoms in total. The van der Waals surface area contributed by atoms with Crippen LogP contribution in [0.5, 0.6) is 11.5 Å². The van der Waals surface area contributed by atoms with Gasteiger partial charge in [-0.15, -0.1) is 0 Å². The van der Waals surface area contributed by atoms with Crippen molar-refractivity contribution in [3.63, 3.8) is 0 Å². The molecule has 26 heavy (non-hydrogen) atoms. The maximum absolute atomic E-state index is 8.55. The molecule has 0 N–H and O–H groups in total. The Hall–Kier alpha value is -1.99. The number of hydrogen-bond acceptors (Lipinski definition) is 3. The molecule has 138 valence electrons. The molecule has 0 heterocycles. The van der Waals surface area contributed by atoms with Gasteiger partial charge >= 0.3 is 0 Å². The van der Waals surface area contributed by atoms with Crippen LogP contribution in [0.4, 0.5) is 0 Å². The second-order valence-corrected chi connectivity index (χ2v) is 7.04. The Bertz CT molecular complexity index is 710. The van der Waals surface area contributed by atoms with Crippen molar-refractivity contribution >= 4 is 15.9 Å². The Balaban J connectivity index is 1.91. The average molecular weight is 416 g/mol. The van der Waals surface area contributed by atoms with Crippen molar-refractivity contribution in [2.24, 2.45) is 0 Å². The van der Waals surface area contributed by atoms with E-state index in [-0.39, 0.29) is 0 Å². The Morgan fingerprint density at radius 2 is 1.73 bits per heavy atom. The summed E-state index contributed by atoms with van der Waals surface area (Å²) in [6.07, 6.45) is 5.72. The van der Waals surface area contributed by atoms with Gasteiger partial charge in [0.1, 0.15) is 18.1 Å². The van der Waals surface area contributed by atoms with Crippen molar-refractivity contribution < 1.29 is 9.47 Å². The van der Waals surface area contributed by atoms with E-state index in [4.69, 9.17) is 14.7 Å². The van der Waals surface area contributed by atoms with Crippen LogP contribution in [0.3, 0.4) is 0 Å². The molecule has 0 spiro atoms. The number of hydrogen-bond donors (Lipinski definition) is 0. The first-order valence-corrected chi connectivity index (χ1v) is 10.0. The SMILES string of the molecule is CCc1cc(Br)c(OCc2ccccc2)cc1OCCCCCCC#N. The van der Waals surface area contributed by atoms with Gasteiger partial charge in [-0.25, -0.2) is 0 Å². The van der Waals surface area contributed by atoms with Crippen molar-refractivity contribution in [2.45, 2.75) is 52.1 Å². The maximum Gasteiger partial charge on any atom is 0.137 e. The van der Waals surface area contributed by atoms with Crippen LogP contribution < -0.4 is 9.47 Å². The summed E-state index contributed by atoms with van der Waals surface area (Å²) < 4.78 is 12.9. The van der Waals surface area contributed by atoms with Crippen LogP contribution in [0.2, 0.25) is 0 Å². The third-order valence-electron chi connectivity index (χ3n) is 4.17. The van der Waals surface area contributed by atoms with E-state index in [0.717, 1.165) is 53.6 Å². The van der Waals surface area contributed by atoms with E-state index in [2.05, 4.69) is 47.1 Å². The van der Waals surface area contributed by atoms with Gasteiger partial charge in [0, 0.05) is 12.5 Å². The van der Waals surface area contributed by atoms with Crippen molar-refractivity contribution in [3.8, 4) is 17.6 Å². The second kappa shape index (κ2) is 11.6. The number of ether oxygens (including phenoxy) is 2. The lowest BCUT2D eigenvalue weighted by atomic mass is 10.1. The van der Waals surface area contributed by atoms with E-state index in [1.54, 1.807) is 0 Å². The van der Waals surface area contributed by atoms with Gasteiger partial charge in [-0.1, -0.05) is 50.1 Å². The molecule has 4 heteroatoms. The molecular formula is C22H26BrNO2. The summed E-state index contributed by atoms with van der Waals surface area (Å²) in [5.41, 5.74) is 2.31. The van der Waals surface area contributed by atoms with E-state index in [9.17, 15) is 0 Å². The lowest BCUT2D eigenvalue weighted by molar-refractivity contribution is 0.287. The Labute approximate surface area is 165 Å². The van der Waals surface area contributed by atoms with Crippen molar-refractivity contribution in [2.75, 3.05) is 6.61 Å². The van der Waals surface area contributed by atoms with Crippen LogP contribution in [0, 0.1) is 11.3 Å². The van der Waals surface area contributed by atoms with Gasteiger partial charge in [0.25, 0.3) is 0 Å². The number of rotatable bonds is 11. The van der Waals surface area contributed by atoms with Gasteiger partial charge in [0.05, 0.1) is 17.1 Å². The fraction of sp³-hybridized carbons (Fsp3) is 0.409. The highest BCUT2D eigenvalue weighted by Crippen LogP contribution is 2.34. The highest BCUT2D eigenvalue weighted by molar-refractivity contribution is 9.10. The molecule has 0 aromatic heterocycles. The summed E-state index contributed by atoms with van der Waals surface area (Å²) >= 11 is 3.61. The summed E-state index contributed by atoms with van der Waals surface area (Å²) in [5.74, 6) is 1.70. The molecular weight excluding hydrogens is 390 g/mol. The minimum absolute atomic E-state index is 0.531. The third-order valence-corrected chi connectivity index (χ3v) is 4.79. The largest absolute Gasteiger partial charge is 0.493 e. The van der Waals surface area contributed by atoms with Gasteiger partial charge in [-0.05, 0) is 52.4 Å². The molecule has 0 fully saturated rings. The highest BCUT2D eigenvalue weighted by Gasteiger charge is 2.10. The molecule has 0 amide bonds. The molecule has 0 radical (unpaired) electrons. The van der Waals surface area contributed by atoms with Crippen LogP contribution in [0.25, 0.3) is 0 Å². The third kappa shape index (κ3) is 6.72. The lowest BCUT2D eigenvalue weighted by Crippen LogP contribution is -2.02. The number of nitriles is 1. The van der Waals surface area contributed by atoms with Crippen LogP contribution in [-0.4, -0.2) is 6.61 Å². The van der Waals surface area contributed by atoms with Crippen molar-refractivity contribution in [3.05, 3.63) is 58.1 Å².